The van der Waals surface area contributed by atoms with Crippen LogP contribution >= 0.6 is 0 Å². The van der Waals surface area contributed by atoms with Crippen LogP contribution in [0.15, 0.2) is 0 Å². The van der Waals surface area contributed by atoms with Gasteiger partial charge in [-0.15, -0.1) is 0 Å². The lowest BCUT2D eigenvalue weighted by Crippen LogP contribution is -2.57. The van der Waals surface area contributed by atoms with Crippen LogP contribution in [0.1, 0.15) is 20.3 Å². The van der Waals surface area contributed by atoms with Gasteiger partial charge in [-0.25, -0.2) is 4.79 Å². The van der Waals surface area contributed by atoms with Gasteiger partial charge in [-0.2, -0.15) is 13.2 Å². The standard InChI is InChI=1S/C11H17F3N2O4/c1-7-10(2,3-4-20-7)15-9(19)16(5-8(17)18)6-11(12,13)14/h7H,3-6H2,1-2H3,(H,15,19)(H,17,18). The molecule has 1 fully saturated rings. The maximum atomic E-state index is 12.4. The zero-order chi connectivity index (χ0) is 15.6. The van der Waals surface area contributed by atoms with Crippen molar-refractivity contribution in [3.63, 3.8) is 0 Å². The highest BCUT2D eigenvalue weighted by Gasteiger charge is 2.41. The number of nitrogens with one attached hydrogen (secondary N) is 1. The van der Waals surface area contributed by atoms with Gasteiger partial charge in [-0.05, 0) is 20.3 Å². The number of ether oxygens (including phenoxy) is 1. The lowest BCUT2D eigenvalue weighted by molar-refractivity contribution is -0.149. The molecular weight excluding hydrogens is 281 g/mol. The number of rotatable bonds is 4. The van der Waals surface area contributed by atoms with Crippen molar-refractivity contribution in [1.82, 2.24) is 10.2 Å². The number of carboxylic acids is 1. The number of hydrogen-bond acceptors (Lipinski definition) is 3. The van der Waals surface area contributed by atoms with E-state index in [1.165, 1.54) is 0 Å². The molecule has 2 amide bonds. The summed E-state index contributed by atoms with van der Waals surface area (Å²) in [6, 6.07) is -1.07. The molecule has 0 aromatic heterocycles. The number of aliphatic carboxylic acids is 1. The molecule has 0 aliphatic carbocycles. The second kappa shape index (κ2) is 5.86. The van der Waals surface area contributed by atoms with Crippen LogP contribution in [-0.2, 0) is 9.53 Å². The van der Waals surface area contributed by atoms with E-state index in [0.717, 1.165) is 0 Å². The molecule has 0 radical (unpaired) electrons. The molecule has 6 nitrogen and oxygen atoms in total. The van der Waals surface area contributed by atoms with Crippen molar-refractivity contribution in [2.45, 2.75) is 38.1 Å². The molecule has 116 valence electrons. The quantitative estimate of drug-likeness (QED) is 0.818. The Bertz CT molecular complexity index is 388. The van der Waals surface area contributed by atoms with Crippen LogP contribution in [0, 0.1) is 0 Å². The van der Waals surface area contributed by atoms with Crippen molar-refractivity contribution >= 4 is 12.0 Å². The number of carbonyl (C=O) groups is 2. The van der Waals surface area contributed by atoms with Crippen LogP contribution in [0.25, 0.3) is 0 Å². The Kier molecular flexibility index (Phi) is 4.85. The van der Waals surface area contributed by atoms with Crippen molar-refractivity contribution in [2.24, 2.45) is 0 Å². The number of halogens is 3. The number of alkyl halides is 3. The predicted molar refractivity (Wildman–Crippen MR) is 62.2 cm³/mol. The van der Waals surface area contributed by atoms with E-state index < -0.39 is 36.8 Å². The largest absolute Gasteiger partial charge is 0.480 e. The third-order valence-corrected chi connectivity index (χ3v) is 3.26. The predicted octanol–water partition coefficient (Wildman–Crippen LogP) is 1.21. The number of nitrogens with zero attached hydrogens (tertiary/aromatic N) is 1. The minimum absolute atomic E-state index is 0.221. The van der Waals surface area contributed by atoms with Crippen LogP contribution in [-0.4, -0.2) is 59.5 Å². The molecule has 0 aromatic carbocycles. The molecule has 20 heavy (non-hydrogen) atoms. The third-order valence-electron chi connectivity index (χ3n) is 3.26. The molecular formula is C11H17F3N2O4. The van der Waals surface area contributed by atoms with Crippen molar-refractivity contribution < 1.29 is 32.6 Å². The van der Waals surface area contributed by atoms with E-state index in [2.05, 4.69) is 5.32 Å². The highest BCUT2D eigenvalue weighted by atomic mass is 19.4. The Morgan fingerprint density at radius 1 is 1.50 bits per heavy atom. The molecule has 1 rings (SSSR count). The van der Waals surface area contributed by atoms with Crippen LogP contribution < -0.4 is 5.32 Å². The molecule has 1 saturated heterocycles. The fourth-order valence-corrected chi connectivity index (χ4v) is 1.90. The molecule has 2 unspecified atom stereocenters. The molecule has 0 spiro atoms. The molecule has 0 bridgehead atoms. The van der Waals surface area contributed by atoms with E-state index in [1.807, 2.05) is 0 Å². The van der Waals surface area contributed by atoms with Gasteiger partial charge < -0.3 is 20.1 Å². The fraction of sp³-hybridized carbons (Fsp3) is 0.818. The summed E-state index contributed by atoms with van der Waals surface area (Å²) in [5.74, 6) is -1.51. The lowest BCUT2D eigenvalue weighted by atomic mass is 9.95. The van der Waals surface area contributed by atoms with E-state index in [4.69, 9.17) is 9.84 Å². The van der Waals surface area contributed by atoms with Gasteiger partial charge in [0.2, 0.25) is 0 Å². The number of urea groups is 1. The summed E-state index contributed by atoms with van der Waals surface area (Å²) in [6.07, 6.45) is -4.57. The Morgan fingerprint density at radius 2 is 2.10 bits per heavy atom. The van der Waals surface area contributed by atoms with Gasteiger partial charge in [0.1, 0.15) is 13.1 Å². The number of carbonyl (C=O) groups excluding carboxylic acids is 1. The minimum atomic E-state index is -4.66. The first kappa shape index (κ1) is 16.5. The normalized spacial score (nSPS) is 26.4. The lowest BCUT2D eigenvalue weighted by Gasteiger charge is -2.32. The number of carboxylic acid groups (broad SMARTS) is 1. The first-order valence-corrected chi connectivity index (χ1v) is 6.01. The van der Waals surface area contributed by atoms with Crippen LogP contribution in [0.5, 0.6) is 0 Å². The zero-order valence-corrected chi connectivity index (χ0v) is 11.2. The maximum Gasteiger partial charge on any atom is 0.406 e. The fourth-order valence-electron chi connectivity index (χ4n) is 1.90. The summed E-state index contributed by atoms with van der Waals surface area (Å²) in [5, 5.41) is 11.0. The molecule has 9 heteroatoms. The first-order chi connectivity index (χ1) is 9.03. The molecule has 1 aliphatic heterocycles. The van der Waals surface area contributed by atoms with Crippen LogP contribution in [0.4, 0.5) is 18.0 Å². The average molecular weight is 298 g/mol. The van der Waals surface area contributed by atoms with Crippen molar-refractivity contribution in [3.8, 4) is 0 Å². The second-order valence-corrected chi connectivity index (χ2v) is 4.98. The summed E-state index contributed by atoms with van der Waals surface area (Å²) in [7, 11) is 0. The molecule has 1 aliphatic rings. The van der Waals surface area contributed by atoms with E-state index in [-0.39, 0.29) is 11.0 Å². The Hall–Kier alpha value is -1.51. The topological polar surface area (TPSA) is 78.9 Å². The molecule has 2 N–H and O–H groups in total. The summed E-state index contributed by atoms with van der Waals surface area (Å²) < 4.78 is 42.3. The number of hydrogen-bond donors (Lipinski definition) is 2. The summed E-state index contributed by atoms with van der Waals surface area (Å²) in [5.41, 5.74) is -0.806. The Labute approximate surface area is 113 Å². The molecule has 0 saturated carbocycles. The summed E-state index contributed by atoms with van der Waals surface area (Å²) >= 11 is 0. The SMILES string of the molecule is CC1OCCC1(C)NC(=O)N(CC(=O)O)CC(F)(F)F. The monoisotopic (exact) mass is 298 g/mol. The van der Waals surface area contributed by atoms with E-state index in [0.29, 0.717) is 13.0 Å². The second-order valence-electron chi connectivity index (χ2n) is 4.98. The van der Waals surface area contributed by atoms with E-state index in [9.17, 15) is 22.8 Å². The Balaban J connectivity index is 2.75. The van der Waals surface area contributed by atoms with Crippen molar-refractivity contribution in [1.29, 1.82) is 0 Å². The van der Waals surface area contributed by atoms with Gasteiger partial charge in [0.25, 0.3) is 0 Å². The zero-order valence-electron chi connectivity index (χ0n) is 11.2. The van der Waals surface area contributed by atoms with Gasteiger partial charge in [0.05, 0.1) is 11.6 Å². The van der Waals surface area contributed by atoms with Crippen LogP contribution in [0.3, 0.4) is 0 Å². The van der Waals surface area contributed by atoms with E-state index in [1.54, 1.807) is 13.8 Å². The van der Waals surface area contributed by atoms with Gasteiger partial charge in [-0.1, -0.05) is 0 Å². The molecule has 1 heterocycles. The van der Waals surface area contributed by atoms with Crippen LogP contribution in [0.2, 0.25) is 0 Å². The Morgan fingerprint density at radius 3 is 2.50 bits per heavy atom. The third kappa shape index (κ3) is 4.55. The smallest absolute Gasteiger partial charge is 0.406 e. The minimum Gasteiger partial charge on any atom is -0.480 e. The first-order valence-electron chi connectivity index (χ1n) is 6.01. The average Bonchev–Trinajstić information content (AvgIpc) is 2.55. The highest BCUT2D eigenvalue weighted by Crippen LogP contribution is 2.25. The maximum absolute atomic E-state index is 12.4. The van der Waals surface area contributed by atoms with E-state index >= 15 is 0 Å². The summed E-state index contributed by atoms with van der Waals surface area (Å²) in [4.78, 5) is 22.6. The molecule has 0 aromatic rings. The summed E-state index contributed by atoms with van der Waals surface area (Å²) in [6.45, 7) is 1.09. The van der Waals surface area contributed by atoms with Crippen molar-refractivity contribution in [3.05, 3.63) is 0 Å². The van der Waals surface area contributed by atoms with Gasteiger partial charge >= 0.3 is 18.2 Å². The van der Waals surface area contributed by atoms with Gasteiger partial charge in [0, 0.05) is 6.61 Å². The van der Waals surface area contributed by atoms with Gasteiger partial charge in [-0.3, -0.25) is 4.79 Å². The highest BCUT2D eigenvalue weighted by molar-refractivity contribution is 5.80. The van der Waals surface area contributed by atoms with Crippen molar-refractivity contribution in [2.75, 3.05) is 19.7 Å². The van der Waals surface area contributed by atoms with Gasteiger partial charge in [0.15, 0.2) is 0 Å². The number of amides is 2. The molecule has 2 atom stereocenters.